The molecule has 20 heavy (non-hydrogen) atoms. The first-order valence-corrected chi connectivity index (χ1v) is 6.47. The molecule has 0 aliphatic carbocycles. The zero-order valence-electron chi connectivity index (χ0n) is 11.4. The Bertz CT molecular complexity index is 455. The molecule has 110 valence electrons. The lowest BCUT2D eigenvalue weighted by Gasteiger charge is -2.31. The van der Waals surface area contributed by atoms with Gasteiger partial charge in [0, 0.05) is 13.1 Å². The summed E-state index contributed by atoms with van der Waals surface area (Å²) in [6, 6.07) is 6.24. The first-order chi connectivity index (χ1) is 9.69. The molecule has 1 atom stereocenters. The normalized spacial score (nSPS) is 19.6. The molecule has 0 aromatic heterocycles. The number of ether oxygens (including phenoxy) is 3. The van der Waals surface area contributed by atoms with Crippen LogP contribution in [0, 0.1) is 5.82 Å². The van der Waals surface area contributed by atoms with Crippen molar-refractivity contribution in [3.05, 3.63) is 30.1 Å². The van der Waals surface area contributed by atoms with Gasteiger partial charge in [-0.2, -0.15) is 0 Å². The molecule has 5 nitrogen and oxygen atoms in total. The number of halogens is 1. The van der Waals surface area contributed by atoms with Crippen molar-refractivity contribution in [2.45, 2.75) is 6.10 Å². The SMILES string of the molecule is COC(=O)CN1CCOC(COc2ccccc2F)C1. The molecular weight excluding hydrogens is 265 g/mol. The molecule has 0 saturated carbocycles. The first kappa shape index (κ1) is 14.7. The molecule has 1 fully saturated rings. The van der Waals surface area contributed by atoms with E-state index >= 15 is 0 Å². The highest BCUT2D eigenvalue weighted by molar-refractivity contribution is 5.71. The molecular formula is C14H18FNO4. The summed E-state index contributed by atoms with van der Waals surface area (Å²) in [7, 11) is 1.36. The van der Waals surface area contributed by atoms with Gasteiger partial charge in [-0.3, -0.25) is 9.69 Å². The summed E-state index contributed by atoms with van der Waals surface area (Å²) in [6.07, 6.45) is -0.187. The molecule has 6 heteroatoms. The molecule has 2 rings (SSSR count). The molecule has 1 aromatic rings. The minimum absolute atomic E-state index is 0.187. The highest BCUT2D eigenvalue weighted by Gasteiger charge is 2.23. The van der Waals surface area contributed by atoms with Crippen LogP contribution in [0.25, 0.3) is 0 Å². The van der Waals surface area contributed by atoms with Crippen LogP contribution in [0.1, 0.15) is 0 Å². The number of methoxy groups -OCH3 is 1. The third-order valence-electron chi connectivity index (χ3n) is 3.06. The van der Waals surface area contributed by atoms with Crippen LogP contribution in [0.4, 0.5) is 4.39 Å². The van der Waals surface area contributed by atoms with Crippen LogP contribution in [0.5, 0.6) is 5.75 Å². The molecule has 0 spiro atoms. The van der Waals surface area contributed by atoms with E-state index in [9.17, 15) is 9.18 Å². The third-order valence-corrected chi connectivity index (χ3v) is 3.06. The highest BCUT2D eigenvalue weighted by atomic mass is 19.1. The topological polar surface area (TPSA) is 48.0 Å². The fraction of sp³-hybridized carbons (Fsp3) is 0.500. The summed E-state index contributed by atoms with van der Waals surface area (Å²) in [5.41, 5.74) is 0. The zero-order chi connectivity index (χ0) is 14.4. The number of benzene rings is 1. The number of nitrogens with zero attached hydrogens (tertiary/aromatic N) is 1. The molecule has 1 heterocycles. The van der Waals surface area contributed by atoms with E-state index in [4.69, 9.17) is 9.47 Å². The fourth-order valence-corrected chi connectivity index (χ4v) is 2.02. The van der Waals surface area contributed by atoms with Gasteiger partial charge in [-0.25, -0.2) is 4.39 Å². The maximum absolute atomic E-state index is 13.4. The lowest BCUT2D eigenvalue weighted by molar-refractivity contribution is -0.144. The summed E-state index contributed by atoms with van der Waals surface area (Å²) in [5.74, 6) is -0.461. The van der Waals surface area contributed by atoms with Gasteiger partial charge in [-0.05, 0) is 12.1 Å². The Morgan fingerprint density at radius 3 is 3.05 bits per heavy atom. The van der Waals surface area contributed by atoms with Gasteiger partial charge in [-0.1, -0.05) is 12.1 Å². The van der Waals surface area contributed by atoms with Crippen LogP contribution in [0.2, 0.25) is 0 Å². The van der Waals surface area contributed by atoms with Gasteiger partial charge in [0.2, 0.25) is 0 Å². The van der Waals surface area contributed by atoms with Gasteiger partial charge in [0.15, 0.2) is 11.6 Å². The lowest BCUT2D eigenvalue weighted by atomic mass is 10.3. The Morgan fingerprint density at radius 1 is 1.50 bits per heavy atom. The third kappa shape index (κ3) is 4.18. The van der Waals surface area contributed by atoms with Crippen LogP contribution in [-0.4, -0.2) is 56.9 Å². The molecule has 1 aliphatic heterocycles. The Kier molecular flexibility index (Phi) is 5.31. The predicted octanol–water partition coefficient (Wildman–Crippen LogP) is 1.08. The minimum Gasteiger partial charge on any atom is -0.488 e. The second-order valence-corrected chi connectivity index (χ2v) is 4.55. The number of carbonyl (C=O) groups is 1. The number of rotatable bonds is 5. The maximum Gasteiger partial charge on any atom is 0.319 e. The minimum atomic E-state index is -0.394. The number of hydrogen-bond donors (Lipinski definition) is 0. The van der Waals surface area contributed by atoms with Gasteiger partial charge in [0.1, 0.15) is 12.7 Å². The fourth-order valence-electron chi connectivity index (χ4n) is 2.02. The molecule has 1 saturated heterocycles. The summed E-state index contributed by atoms with van der Waals surface area (Å²) >= 11 is 0. The van der Waals surface area contributed by atoms with E-state index < -0.39 is 5.82 Å². The van der Waals surface area contributed by atoms with E-state index in [-0.39, 0.29) is 31.0 Å². The molecule has 0 bridgehead atoms. The average molecular weight is 283 g/mol. The number of hydrogen-bond acceptors (Lipinski definition) is 5. The second-order valence-electron chi connectivity index (χ2n) is 4.55. The zero-order valence-corrected chi connectivity index (χ0v) is 11.4. The molecule has 0 N–H and O–H groups in total. The van der Waals surface area contributed by atoms with Crippen molar-refractivity contribution in [1.82, 2.24) is 4.90 Å². The van der Waals surface area contributed by atoms with Gasteiger partial charge < -0.3 is 14.2 Å². The average Bonchev–Trinajstić information content (AvgIpc) is 2.47. The maximum atomic E-state index is 13.4. The van der Waals surface area contributed by atoms with E-state index in [2.05, 4.69) is 4.74 Å². The Morgan fingerprint density at radius 2 is 2.30 bits per heavy atom. The number of carbonyl (C=O) groups excluding carboxylic acids is 1. The molecule has 1 aliphatic rings. The van der Waals surface area contributed by atoms with Crippen LogP contribution >= 0.6 is 0 Å². The molecule has 0 amide bonds. The number of morpholine rings is 1. The van der Waals surface area contributed by atoms with E-state index in [1.165, 1.54) is 13.2 Å². The van der Waals surface area contributed by atoms with E-state index in [1.54, 1.807) is 18.2 Å². The number of esters is 1. The van der Waals surface area contributed by atoms with Crippen molar-refractivity contribution in [3.63, 3.8) is 0 Å². The monoisotopic (exact) mass is 283 g/mol. The molecule has 0 radical (unpaired) electrons. The van der Waals surface area contributed by atoms with Gasteiger partial charge in [-0.15, -0.1) is 0 Å². The molecule has 1 unspecified atom stereocenters. The van der Waals surface area contributed by atoms with Crippen molar-refractivity contribution in [2.24, 2.45) is 0 Å². The van der Waals surface area contributed by atoms with Crippen LogP contribution in [0.15, 0.2) is 24.3 Å². The van der Waals surface area contributed by atoms with Crippen molar-refractivity contribution in [3.8, 4) is 5.75 Å². The van der Waals surface area contributed by atoms with E-state index in [1.807, 2.05) is 4.90 Å². The Hall–Kier alpha value is -1.66. The van der Waals surface area contributed by atoms with Gasteiger partial charge in [0.25, 0.3) is 0 Å². The standard InChI is InChI=1S/C14H18FNO4/c1-18-14(17)9-16-6-7-19-11(8-16)10-20-13-5-3-2-4-12(13)15/h2-5,11H,6-10H2,1H3. The quantitative estimate of drug-likeness (QED) is 0.757. The highest BCUT2D eigenvalue weighted by Crippen LogP contribution is 2.16. The van der Waals surface area contributed by atoms with Crippen molar-refractivity contribution < 1.29 is 23.4 Å². The van der Waals surface area contributed by atoms with Crippen LogP contribution in [0.3, 0.4) is 0 Å². The summed E-state index contributed by atoms with van der Waals surface area (Å²) in [4.78, 5) is 13.2. The van der Waals surface area contributed by atoms with E-state index in [0.717, 1.165) is 0 Å². The largest absolute Gasteiger partial charge is 0.488 e. The van der Waals surface area contributed by atoms with Gasteiger partial charge >= 0.3 is 5.97 Å². The molecule has 1 aromatic carbocycles. The van der Waals surface area contributed by atoms with Gasteiger partial charge in [0.05, 0.1) is 20.3 Å². The lowest BCUT2D eigenvalue weighted by Crippen LogP contribution is -2.46. The van der Waals surface area contributed by atoms with Crippen molar-refractivity contribution in [2.75, 3.05) is 40.0 Å². The van der Waals surface area contributed by atoms with Crippen molar-refractivity contribution in [1.29, 1.82) is 0 Å². The second kappa shape index (κ2) is 7.21. The van der Waals surface area contributed by atoms with Crippen LogP contribution < -0.4 is 4.74 Å². The Balaban J connectivity index is 1.81. The summed E-state index contributed by atoms with van der Waals surface area (Å²) in [6.45, 7) is 2.23. The smallest absolute Gasteiger partial charge is 0.319 e. The summed E-state index contributed by atoms with van der Waals surface area (Å²) in [5, 5.41) is 0. The summed E-state index contributed by atoms with van der Waals surface area (Å²) < 4.78 is 29.0. The first-order valence-electron chi connectivity index (χ1n) is 6.47. The van der Waals surface area contributed by atoms with Crippen molar-refractivity contribution >= 4 is 5.97 Å². The van der Waals surface area contributed by atoms with Crippen LogP contribution in [-0.2, 0) is 14.3 Å². The Labute approximate surface area is 117 Å². The number of para-hydroxylation sites is 1. The van der Waals surface area contributed by atoms with E-state index in [0.29, 0.717) is 19.7 Å². The predicted molar refractivity (Wildman–Crippen MR) is 70.1 cm³/mol.